The lowest BCUT2D eigenvalue weighted by Crippen LogP contribution is -2.09. The van der Waals surface area contributed by atoms with Crippen LogP contribution in [0.25, 0.3) is 0 Å². The summed E-state index contributed by atoms with van der Waals surface area (Å²) in [4.78, 5) is 0.676. The first-order chi connectivity index (χ1) is 7.17. The number of methoxy groups -OCH3 is 1. The molecule has 0 heterocycles. The van der Waals surface area contributed by atoms with E-state index in [9.17, 15) is 0 Å². The summed E-state index contributed by atoms with van der Waals surface area (Å²) in [6, 6.07) is 7.59. The number of hydrogen-bond donors (Lipinski definition) is 2. The molecule has 0 aliphatic carbocycles. The van der Waals surface area contributed by atoms with Crippen LogP contribution < -0.4 is 10.1 Å². The maximum Gasteiger partial charge on any atom is 0.119 e. The Labute approximate surface area is 101 Å². The molecule has 0 aliphatic rings. The van der Waals surface area contributed by atoms with Gasteiger partial charge in [0.15, 0.2) is 0 Å². The molecule has 0 saturated heterocycles. The van der Waals surface area contributed by atoms with Crippen LogP contribution in [0.2, 0.25) is 0 Å². The van der Waals surface area contributed by atoms with E-state index in [1.54, 1.807) is 12.5 Å². The van der Waals surface area contributed by atoms with Crippen molar-refractivity contribution in [1.29, 1.82) is 0 Å². The minimum atomic E-state index is 0.676. The Hall–Kier alpha value is -1.00. The maximum absolute atomic E-state index is 5.16. The quantitative estimate of drug-likeness (QED) is 0.480. The largest absolute Gasteiger partial charge is 0.497 e. The highest BCUT2D eigenvalue weighted by atomic mass is 32.1. The van der Waals surface area contributed by atoms with Crippen LogP contribution in [0.1, 0.15) is 6.92 Å². The first-order valence-corrected chi connectivity index (χ1v) is 5.36. The summed E-state index contributed by atoms with van der Waals surface area (Å²) in [6.07, 6.45) is 0. The zero-order valence-corrected chi connectivity index (χ0v) is 10.4. The molecule has 1 aromatic carbocycles. The Morgan fingerprint density at radius 3 is 2.47 bits per heavy atom. The number of hydrogen-bond acceptors (Lipinski definition) is 3. The first-order valence-electron chi connectivity index (χ1n) is 4.43. The van der Waals surface area contributed by atoms with Gasteiger partial charge in [-0.2, -0.15) is 12.6 Å². The molecule has 0 unspecified atom stereocenters. The fourth-order valence-corrected chi connectivity index (χ4v) is 1.36. The molecule has 0 fully saturated rings. The van der Waals surface area contributed by atoms with E-state index in [4.69, 9.17) is 17.0 Å². The number of anilines is 1. The molecule has 1 aromatic rings. The Morgan fingerprint density at radius 2 is 2.00 bits per heavy atom. The smallest absolute Gasteiger partial charge is 0.119 e. The monoisotopic (exact) mass is 239 g/mol. The van der Waals surface area contributed by atoms with E-state index in [1.165, 1.54) is 0 Å². The highest BCUT2D eigenvalue weighted by molar-refractivity contribution is 7.84. The van der Waals surface area contributed by atoms with Gasteiger partial charge < -0.3 is 10.1 Å². The number of benzene rings is 1. The fraction of sp³-hybridized carbons (Fsp3) is 0.182. The molecule has 0 radical (unpaired) electrons. The van der Waals surface area contributed by atoms with Gasteiger partial charge in [0.1, 0.15) is 10.7 Å². The summed E-state index contributed by atoms with van der Waals surface area (Å²) in [5, 5.41) is 4.78. The normalized spacial score (nSPS) is 11.0. The number of ether oxygens (including phenoxy) is 1. The predicted molar refractivity (Wildman–Crippen MR) is 72.0 cm³/mol. The summed E-state index contributed by atoms with van der Waals surface area (Å²) in [7, 11) is 1.64. The average molecular weight is 239 g/mol. The Balaban J connectivity index is 2.69. The third-order valence-electron chi connectivity index (χ3n) is 1.90. The van der Waals surface area contributed by atoms with Gasteiger partial charge in [0.2, 0.25) is 0 Å². The molecule has 15 heavy (non-hydrogen) atoms. The highest BCUT2D eigenvalue weighted by Gasteiger charge is 1.99. The summed E-state index contributed by atoms with van der Waals surface area (Å²) < 4.78 is 5.06. The van der Waals surface area contributed by atoms with E-state index in [1.807, 2.05) is 31.2 Å². The SMILES string of the molecule is COc1ccc(NC(=S)/C(C)=C/S)cc1. The predicted octanol–water partition coefficient (Wildman–Crippen LogP) is 3.27. The molecule has 1 rings (SSSR count). The van der Waals surface area contributed by atoms with Crippen LogP contribution in [-0.4, -0.2) is 12.1 Å². The average Bonchev–Trinajstić information content (AvgIpc) is 2.29. The molecule has 1 N–H and O–H groups in total. The van der Waals surface area contributed by atoms with Gasteiger partial charge in [-0.3, -0.25) is 0 Å². The zero-order chi connectivity index (χ0) is 11.3. The van der Waals surface area contributed by atoms with E-state index in [-0.39, 0.29) is 0 Å². The van der Waals surface area contributed by atoms with Gasteiger partial charge in [-0.25, -0.2) is 0 Å². The molecule has 0 aromatic heterocycles. The van der Waals surface area contributed by atoms with E-state index in [0.717, 1.165) is 17.0 Å². The molecule has 80 valence electrons. The minimum absolute atomic E-state index is 0.676. The number of nitrogens with one attached hydrogen (secondary N) is 1. The van der Waals surface area contributed by atoms with Crippen LogP contribution in [-0.2, 0) is 0 Å². The first kappa shape index (κ1) is 12.1. The lowest BCUT2D eigenvalue weighted by molar-refractivity contribution is 0.415. The molecular formula is C11H13NOS2. The molecule has 0 bridgehead atoms. The van der Waals surface area contributed by atoms with E-state index < -0.39 is 0 Å². The summed E-state index contributed by atoms with van der Waals surface area (Å²) in [5.41, 5.74) is 1.87. The molecule has 4 heteroatoms. The second-order valence-electron chi connectivity index (χ2n) is 2.99. The molecule has 0 aliphatic heterocycles. The van der Waals surface area contributed by atoms with Crippen molar-refractivity contribution in [2.75, 3.05) is 12.4 Å². The molecule has 0 atom stereocenters. The maximum atomic E-state index is 5.16. The Bertz CT molecular complexity index is 371. The van der Waals surface area contributed by atoms with E-state index >= 15 is 0 Å². The zero-order valence-electron chi connectivity index (χ0n) is 8.65. The van der Waals surface area contributed by atoms with Gasteiger partial charge in [-0.05, 0) is 42.2 Å². The van der Waals surface area contributed by atoms with Crippen LogP contribution in [0.15, 0.2) is 35.2 Å². The molecule has 0 spiro atoms. The Morgan fingerprint density at radius 1 is 1.40 bits per heavy atom. The third-order valence-corrected chi connectivity index (χ3v) is 2.71. The van der Waals surface area contributed by atoms with Crippen LogP contribution in [0.5, 0.6) is 5.75 Å². The molecular weight excluding hydrogens is 226 g/mol. The summed E-state index contributed by atoms with van der Waals surface area (Å²) >= 11 is 9.20. The van der Waals surface area contributed by atoms with Gasteiger partial charge in [0.25, 0.3) is 0 Å². The van der Waals surface area contributed by atoms with Crippen LogP contribution in [0, 0.1) is 0 Å². The Kier molecular flexibility index (Phi) is 4.65. The summed E-state index contributed by atoms with van der Waals surface area (Å²) in [5.74, 6) is 0.827. The fourth-order valence-electron chi connectivity index (χ4n) is 0.963. The van der Waals surface area contributed by atoms with Crippen LogP contribution in [0.3, 0.4) is 0 Å². The highest BCUT2D eigenvalue weighted by Crippen LogP contribution is 2.16. The van der Waals surface area contributed by atoms with E-state index in [2.05, 4.69) is 17.9 Å². The van der Waals surface area contributed by atoms with Crippen molar-refractivity contribution >= 4 is 35.5 Å². The lowest BCUT2D eigenvalue weighted by Gasteiger charge is -2.08. The lowest BCUT2D eigenvalue weighted by atomic mass is 10.3. The second-order valence-corrected chi connectivity index (χ2v) is 3.66. The second kappa shape index (κ2) is 5.78. The third kappa shape index (κ3) is 3.57. The van der Waals surface area contributed by atoms with Crippen molar-refractivity contribution in [3.05, 3.63) is 35.2 Å². The standard InChI is InChI=1S/C11H13NOS2/c1-8(7-14)11(15)12-9-3-5-10(13-2)6-4-9/h3-7,14H,1-2H3,(H,12,15)/b8-7+. The van der Waals surface area contributed by atoms with Gasteiger partial charge in [0, 0.05) is 5.69 Å². The van der Waals surface area contributed by atoms with Gasteiger partial charge in [0.05, 0.1) is 7.11 Å². The molecule has 0 amide bonds. The van der Waals surface area contributed by atoms with Crippen molar-refractivity contribution in [3.8, 4) is 5.75 Å². The van der Waals surface area contributed by atoms with Crippen LogP contribution in [0.4, 0.5) is 5.69 Å². The molecule has 2 nitrogen and oxygen atoms in total. The van der Waals surface area contributed by atoms with Crippen LogP contribution >= 0.6 is 24.8 Å². The number of thiocarbonyl (C=S) groups is 1. The summed E-state index contributed by atoms with van der Waals surface area (Å²) in [6.45, 7) is 1.91. The topological polar surface area (TPSA) is 21.3 Å². The molecule has 0 saturated carbocycles. The minimum Gasteiger partial charge on any atom is -0.497 e. The van der Waals surface area contributed by atoms with Crippen molar-refractivity contribution in [1.82, 2.24) is 0 Å². The van der Waals surface area contributed by atoms with Gasteiger partial charge >= 0.3 is 0 Å². The van der Waals surface area contributed by atoms with Crippen molar-refractivity contribution in [2.24, 2.45) is 0 Å². The van der Waals surface area contributed by atoms with Crippen molar-refractivity contribution in [2.45, 2.75) is 6.92 Å². The number of rotatable bonds is 3. The van der Waals surface area contributed by atoms with Crippen molar-refractivity contribution in [3.63, 3.8) is 0 Å². The van der Waals surface area contributed by atoms with E-state index in [0.29, 0.717) is 4.99 Å². The van der Waals surface area contributed by atoms with Gasteiger partial charge in [-0.15, -0.1) is 0 Å². The van der Waals surface area contributed by atoms with Gasteiger partial charge in [-0.1, -0.05) is 12.2 Å². The number of thiol groups is 1. The van der Waals surface area contributed by atoms with Crippen molar-refractivity contribution < 1.29 is 4.74 Å².